The molecule has 0 aromatic heterocycles. The molecule has 1 atom stereocenters. The van der Waals surface area contributed by atoms with Gasteiger partial charge in [-0.25, -0.2) is 0 Å². The fourth-order valence-electron chi connectivity index (χ4n) is 2.59. The second kappa shape index (κ2) is 9.64. The zero-order valence-corrected chi connectivity index (χ0v) is 17.6. The van der Waals surface area contributed by atoms with Crippen molar-refractivity contribution in [3.05, 3.63) is 95.0 Å². The van der Waals surface area contributed by atoms with Crippen molar-refractivity contribution >= 4 is 51.8 Å². The first-order valence-corrected chi connectivity index (χ1v) is 9.91. The summed E-state index contributed by atoms with van der Waals surface area (Å²) in [5, 5.41) is 7.08. The van der Waals surface area contributed by atoms with Crippen LogP contribution in [0.2, 0.25) is 5.02 Å². The van der Waals surface area contributed by atoms with Gasteiger partial charge in [-0.15, -0.1) is 0 Å². The van der Waals surface area contributed by atoms with E-state index in [0.717, 1.165) is 22.6 Å². The second-order valence-electron chi connectivity index (χ2n) is 6.08. The number of nitrogens with one attached hydrogen (secondary N) is 2. The van der Waals surface area contributed by atoms with Gasteiger partial charge in [0.2, 0.25) is 0 Å². The monoisotopic (exact) mass is 426 g/mol. The smallest absolute Gasteiger partial charge is 0.175 e. The fraction of sp³-hybridized carbons (Fsp3) is 0.0909. The van der Waals surface area contributed by atoms with Gasteiger partial charge < -0.3 is 15.4 Å². The SMILES string of the molecule is CC(Oc1ccc(NC(=S)NC(=S)c2ccccc2Cl)cc1)c1ccccc1. The molecule has 0 amide bonds. The number of rotatable bonds is 5. The van der Waals surface area contributed by atoms with Gasteiger partial charge in [0.05, 0.1) is 5.02 Å². The molecule has 3 nitrogen and oxygen atoms in total. The third kappa shape index (κ3) is 5.52. The number of halogens is 1. The van der Waals surface area contributed by atoms with Crippen LogP contribution in [-0.2, 0) is 0 Å². The Morgan fingerprint density at radius 2 is 1.54 bits per heavy atom. The third-order valence-electron chi connectivity index (χ3n) is 4.04. The summed E-state index contributed by atoms with van der Waals surface area (Å²) >= 11 is 16.9. The van der Waals surface area contributed by atoms with Crippen molar-refractivity contribution < 1.29 is 4.74 Å². The average molecular weight is 427 g/mol. The highest BCUT2D eigenvalue weighted by Crippen LogP contribution is 2.23. The first kappa shape index (κ1) is 20.3. The topological polar surface area (TPSA) is 33.3 Å². The first-order valence-electron chi connectivity index (χ1n) is 8.71. The Bertz CT molecular complexity index is 962. The van der Waals surface area contributed by atoms with Crippen molar-refractivity contribution in [2.75, 3.05) is 5.32 Å². The van der Waals surface area contributed by atoms with Crippen LogP contribution in [0.1, 0.15) is 24.2 Å². The van der Waals surface area contributed by atoms with Crippen LogP contribution >= 0.6 is 36.0 Å². The minimum atomic E-state index is -0.0317. The highest BCUT2D eigenvalue weighted by Gasteiger charge is 2.09. The summed E-state index contributed by atoms with van der Waals surface area (Å²) in [5.74, 6) is 0.785. The summed E-state index contributed by atoms with van der Waals surface area (Å²) in [6, 6.07) is 25.1. The second-order valence-corrected chi connectivity index (χ2v) is 7.31. The normalized spacial score (nSPS) is 11.4. The molecule has 3 aromatic carbocycles. The molecule has 0 radical (unpaired) electrons. The largest absolute Gasteiger partial charge is 0.486 e. The van der Waals surface area contributed by atoms with E-state index in [-0.39, 0.29) is 6.10 Å². The summed E-state index contributed by atoms with van der Waals surface area (Å²) in [4.78, 5) is 0.472. The first-order chi connectivity index (χ1) is 13.5. The van der Waals surface area contributed by atoms with Crippen molar-refractivity contribution in [3.63, 3.8) is 0 Å². The molecule has 142 valence electrons. The molecule has 0 heterocycles. The van der Waals surface area contributed by atoms with Gasteiger partial charge in [0.15, 0.2) is 5.11 Å². The van der Waals surface area contributed by atoms with Crippen LogP contribution in [0.25, 0.3) is 0 Å². The van der Waals surface area contributed by atoms with E-state index >= 15 is 0 Å². The molecule has 2 N–H and O–H groups in total. The number of ether oxygens (including phenoxy) is 1. The van der Waals surface area contributed by atoms with Crippen molar-refractivity contribution in [2.45, 2.75) is 13.0 Å². The van der Waals surface area contributed by atoms with Crippen LogP contribution in [-0.4, -0.2) is 10.1 Å². The Morgan fingerprint density at radius 3 is 2.21 bits per heavy atom. The third-order valence-corrected chi connectivity index (χ3v) is 4.90. The molecule has 0 saturated heterocycles. The number of thiocarbonyl (C=S) groups is 2. The molecule has 28 heavy (non-hydrogen) atoms. The van der Waals surface area contributed by atoms with Crippen LogP contribution < -0.4 is 15.4 Å². The molecular formula is C22H19ClN2OS2. The van der Waals surface area contributed by atoms with E-state index in [0.29, 0.717) is 15.1 Å². The molecule has 0 aliphatic heterocycles. The van der Waals surface area contributed by atoms with Gasteiger partial charge in [-0.1, -0.05) is 72.3 Å². The van der Waals surface area contributed by atoms with Crippen LogP contribution in [0.3, 0.4) is 0 Å². The molecule has 0 fully saturated rings. The lowest BCUT2D eigenvalue weighted by Crippen LogP contribution is -2.33. The molecule has 0 spiro atoms. The predicted octanol–water partition coefficient (Wildman–Crippen LogP) is 6.14. The molecule has 6 heteroatoms. The van der Waals surface area contributed by atoms with Crippen molar-refractivity contribution in [3.8, 4) is 5.75 Å². The molecule has 0 aliphatic carbocycles. The van der Waals surface area contributed by atoms with Gasteiger partial charge in [-0.2, -0.15) is 0 Å². The van der Waals surface area contributed by atoms with Crippen LogP contribution in [0.4, 0.5) is 5.69 Å². The molecule has 0 aliphatic rings. The molecule has 3 rings (SSSR count). The molecule has 0 saturated carbocycles. The summed E-state index contributed by atoms with van der Waals surface area (Å²) in [7, 11) is 0. The molecule has 1 unspecified atom stereocenters. The van der Waals surface area contributed by atoms with E-state index < -0.39 is 0 Å². The van der Waals surface area contributed by atoms with Gasteiger partial charge in [0.1, 0.15) is 16.8 Å². The van der Waals surface area contributed by atoms with E-state index in [1.54, 1.807) is 6.07 Å². The van der Waals surface area contributed by atoms with Crippen molar-refractivity contribution in [2.24, 2.45) is 0 Å². The average Bonchev–Trinajstić information content (AvgIpc) is 2.70. The van der Waals surface area contributed by atoms with Gasteiger partial charge in [0, 0.05) is 11.3 Å². The summed E-state index contributed by atoms with van der Waals surface area (Å²) in [5.41, 5.74) is 2.70. The van der Waals surface area contributed by atoms with Gasteiger partial charge in [-0.05, 0) is 55.0 Å². The standard InChI is InChI=1S/C22H19ClN2OS2/c1-15(16-7-3-2-4-8-16)26-18-13-11-17(12-14-18)24-22(28)25-21(27)19-9-5-6-10-20(19)23/h2-15H,1H3,(H2,24,25,27,28). The zero-order valence-electron chi connectivity index (χ0n) is 15.2. The lowest BCUT2D eigenvalue weighted by Gasteiger charge is -2.16. The summed E-state index contributed by atoms with van der Waals surface area (Å²) in [6.07, 6.45) is -0.0317. The van der Waals surface area contributed by atoms with Crippen LogP contribution in [0, 0.1) is 0 Å². The number of anilines is 1. The highest BCUT2D eigenvalue weighted by atomic mass is 35.5. The van der Waals surface area contributed by atoms with Crippen LogP contribution in [0.5, 0.6) is 5.75 Å². The Balaban J connectivity index is 1.56. The van der Waals surface area contributed by atoms with E-state index in [4.69, 9.17) is 40.8 Å². The van der Waals surface area contributed by atoms with Gasteiger partial charge in [-0.3, -0.25) is 0 Å². The number of hydrogen-bond acceptors (Lipinski definition) is 3. The lowest BCUT2D eigenvalue weighted by atomic mass is 10.1. The van der Waals surface area contributed by atoms with E-state index in [2.05, 4.69) is 10.6 Å². The molecule has 0 bridgehead atoms. The Morgan fingerprint density at radius 1 is 0.893 bits per heavy atom. The molecular weight excluding hydrogens is 408 g/mol. The minimum Gasteiger partial charge on any atom is -0.486 e. The fourth-order valence-corrected chi connectivity index (χ4v) is 3.44. The van der Waals surface area contributed by atoms with Gasteiger partial charge in [0.25, 0.3) is 0 Å². The Labute approximate surface area is 180 Å². The lowest BCUT2D eigenvalue weighted by molar-refractivity contribution is 0.227. The molecule has 3 aromatic rings. The number of benzene rings is 3. The van der Waals surface area contributed by atoms with Crippen LogP contribution in [0.15, 0.2) is 78.9 Å². The van der Waals surface area contributed by atoms with Gasteiger partial charge >= 0.3 is 0 Å². The van der Waals surface area contributed by atoms with E-state index in [1.165, 1.54) is 0 Å². The Kier molecular flexibility index (Phi) is 6.98. The van der Waals surface area contributed by atoms with Crippen molar-refractivity contribution in [1.82, 2.24) is 5.32 Å². The number of hydrogen-bond donors (Lipinski definition) is 2. The predicted molar refractivity (Wildman–Crippen MR) is 124 cm³/mol. The van der Waals surface area contributed by atoms with E-state index in [1.807, 2.05) is 79.7 Å². The zero-order chi connectivity index (χ0) is 19.9. The van der Waals surface area contributed by atoms with E-state index in [9.17, 15) is 0 Å². The maximum atomic E-state index is 6.16. The maximum Gasteiger partial charge on any atom is 0.175 e. The summed E-state index contributed by atoms with van der Waals surface area (Å²) < 4.78 is 5.98. The summed E-state index contributed by atoms with van der Waals surface area (Å²) in [6.45, 7) is 2.02. The Hall–Kier alpha value is -2.47. The minimum absolute atomic E-state index is 0.0317. The highest BCUT2D eigenvalue weighted by molar-refractivity contribution is 7.82. The quantitative estimate of drug-likeness (QED) is 0.478. The van der Waals surface area contributed by atoms with Crippen molar-refractivity contribution in [1.29, 1.82) is 0 Å². The maximum absolute atomic E-state index is 6.16.